The van der Waals surface area contributed by atoms with Gasteiger partial charge in [0.15, 0.2) is 0 Å². The molecule has 1 aromatic rings. The highest BCUT2D eigenvalue weighted by molar-refractivity contribution is 5.46. The Labute approximate surface area is 141 Å². The van der Waals surface area contributed by atoms with Crippen LogP contribution in [0.3, 0.4) is 0 Å². The lowest BCUT2D eigenvalue weighted by Gasteiger charge is -2.09. The Morgan fingerprint density at radius 1 is 0.652 bits per heavy atom. The van der Waals surface area contributed by atoms with Gasteiger partial charge in [-0.1, -0.05) is 69.2 Å². The largest absolute Gasteiger partial charge is 0.508 e. The summed E-state index contributed by atoms with van der Waals surface area (Å²) in [4.78, 5) is 0. The number of alkyl halides is 3. The summed E-state index contributed by atoms with van der Waals surface area (Å²) in [6, 6.07) is 1.16. The predicted molar refractivity (Wildman–Crippen MR) is 96.3 cm³/mol. The molecule has 0 aromatic heterocycles. The standard InChI is InChI=1S/C8H7F3O2.5C2H6/c1-4-6(12)2-5(3-7(4)13)8(9,10)11;5*1-2/h2-3,12-13H,1H3;5*1-2H3. The number of rotatable bonds is 0. The fraction of sp³-hybridized carbons (Fsp3) is 0.667. The lowest BCUT2D eigenvalue weighted by atomic mass is 10.1. The molecule has 0 spiro atoms. The van der Waals surface area contributed by atoms with Crippen molar-refractivity contribution >= 4 is 0 Å². The summed E-state index contributed by atoms with van der Waals surface area (Å²) in [6.07, 6.45) is -4.55. The minimum Gasteiger partial charge on any atom is -0.508 e. The van der Waals surface area contributed by atoms with Gasteiger partial charge in [0.1, 0.15) is 11.5 Å². The number of hydrogen-bond donors (Lipinski definition) is 2. The summed E-state index contributed by atoms with van der Waals surface area (Å²) in [5.41, 5.74) is -1.03. The number of benzene rings is 1. The molecule has 2 N–H and O–H groups in total. The van der Waals surface area contributed by atoms with Gasteiger partial charge in [-0.25, -0.2) is 0 Å². The van der Waals surface area contributed by atoms with Crippen LogP contribution >= 0.6 is 0 Å². The molecule has 2 nitrogen and oxygen atoms in total. The Kier molecular flexibility index (Phi) is 33.1. The van der Waals surface area contributed by atoms with E-state index in [9.17, 15) is 13.2 Å². The van der Waals surface area contributed by atoms with Gasteiger partial charge >= 0.3 is 6.18 Å². The van der Waals surface area contributed by atoms with Crippen LogP contribution in [0.5, 0.6) is 11.5 Å². The number of phenols is 2. The van der Waals surface area contributed by atoms with Crippen molar-refractivity contribution in [3.8, 4) is 11.5 Å². The van der Waals surface area contributed by atoms with Crippen LogP contribution in [0.15, 0.2) is 12.1 Å². The van der Waals surface area contributed by atoms with Crippen LogP contribution in [0.2, 0.25) is 0 Å². The Morgan fingerprint density at radius 3 is 1.04 bits per heavy atom. The van der Waals surface area contributed by atoms with Crippen molar-refractivity contribution < 1.29 is 23.4 Å². The van der Waals surface area contributed by atoms with Crippen LogP contribution in [-0.4, -0.2) is 10.2 Å². The van der Waals surface area contributed by atoms with Crippen molar-refractivity contribution in [2.24, 2.45) is 0 Å². The molecule has 1 aromatic carbocycles. The molecule has 23 heavy (non-hydrogen) atoms. The van der Waals surface area contributed by atoms with Gasteiger partial charge in [0, 0.05) is 5.56 Å². The highest BCUT2D eigenvalue weighted by Gasteiger charge is 2.31. The zero-order valence-corrected chi connectivity index (χ0v) is 16.7. The molecule has 0 aliphatic carbocycles. The van der Waals surface area contributed by atoms with E-state index >= 15 is 0 Å². The van der Waals surface area contributed by atoms with Gasteiger partial charge in [-0.3, -0.25) is 0 Å². The third kappa shape index (κ3) is 16.8. The highest BCUT2D eigenvalue weighted by Crippen LogP contribution is 2.36. The SMILES string of the molecule is CC.CC.CC.CC.CC.Cc1c(O)cc(C(F)(F)F)cc1O. The molecule has 1 rings (SSSR count). The molecule has 0 amide bonds. The van der Waals surface area contributed by atoms with Crippen molar-refractivity contribution in [2.75, 3.05) is 0 Å². The summed E-state index contributed by atoms with van der Waals surface area (Å²) in [5.74, 6) is -1.13. The quantitative estimate of drug-likeness (QED) is 0.511. The molecule has 0 fully saturated rings. The summed E-state index contributed by atoms with van der Waals surface area (Å²) >= 11 is 0. The zero-order chi connectivity index (χ0) is 20.2. The topological polar surface area (TPSA) is 40.5 Å². The molecule has 142 valence electrons. The Bertz CT molecular complexity index is 313. The maximum atomic E-state index is 12.1. The fourth-order valence-corrected chi connectivity index (χ4v) is 0.848. The van der Waals surface area contributed by atoms with Gasteiger partial charge < -0.3 is 10.2 Å². The monoisotopic (exact) mass is 342 g/mol. The average molecular weight is 342 g/mol. The van der Waals surface area contributed by atoms with Gasteiger partial charge in [-0.15, -0.1) is 0 Å². The number of halogens is 3. The molecule has 0 aliphatic heterocycles. The average Bonchev–Trinajstić information content (AvgIpc) is 2.60. The van der Waals surface area contributed by atoms with E-state index in [0.29, 0.717) is 12.1 Å². The van der Waals surface area contributed by atoms with E-state index in [2.05, 4.69) is 0 Å². The molecule has 0 saturated carbocycles. The number of aromatic hydroxyl groups is 2. The molecule has 0 bridgehead atoms. The van der Waals surface area contributed by atoms with Gasteiger partial charge in [0.2, 0.25) is 0 Å². The van der Waals surface area contributed by atoms with Gasteiger partial charge in [0.25, 0.3) is 0 Å². The van der Waals surface area contributed by atoms with Gasteiger partial charge in [-0.05, 0) is 19.1 Å². The van der Waals surface area contributed by atoms with E-state index in [4.69, 9.17) is 10.2 Å². The van der Waals surface area contributed by atoms with Crippen molar-refractivity contribution in [3.05, 3.63) is 23.3 Å². The van der Waals surface area contributed by atoms with E-state index in [-0.39, 0.29) is 5.56 Å². The van der Waals surface area contributed by atoms with Crippen molar-refractivity contribution in [1.82, 2.24) is 0 Å². The molecule has 0 unspecified atom stereocenters. The fourth-order valence-electron chi connectivity index (χ4n) is 0.848. The summed E-state index contributed by atoms with van der Waals surface area (Å²) in [7, 11) is 0. The first kappa shape index (κ1) is 33.3. The van der Waals surface area contributed by atoms with Crippen molar-refractivity contribution in [3.63, 3.8) is 0 Å². The van der Waals surface area contributed by atoms with Crippen LogP contribution in [0.4, 0.5) is 13.2 Å². The summed E-state index contributed by atoms with van der Waals surface area (Å²) < 4.78 is 36.2. The zero-order valence-electron chi connectivity index (χ0n) is 16.7. The van der Waals surface area contributed by atoms with E-state index in [1.54, 1.807) is 0 Å². The maximum Gasteiger partial charge on any atom is 0.416 e. The molecule has 0 atom stereocenters. The minimum atomic E-state index is -4.55. The molecular formula is C18H37F3O2. The third-order valence-corrected chi connectivity index (χ3v) is 1.68. The van der Waals surface area contributed by atoms with E-state index < -0.39 is 23.2 Å². The second-order valence-electron chi connectivity index (χ2n) is 2.64. The van der Waals surface area contributed by atoms with Crippen LogP contribution < -0.4 is 0 Å². The van der Waals surface area contributed by atoms with Crippen LogP contribution in [0.1, 0.15) is 80.4 Å². The molecule has 0 heterocycles. The predicted octanol–water partition coefficient (Wildman–Crippen LogP) is 7.56. The molecule has 0 saturated heterocycles. The Hall–Kier alpha value is -1.39. The molecular weight excluding hydrogens is 305 g/mol. The highest BCUT2D eigenvalue weighted by atomic mass is 19.4. The minimum absolute atomic E-state index is 0.0352. The number of phenolic OH excluding ortho intramolecular Hbond substituents is 2. The summed E-state index contributed by atoms with van der Waals surface area (Å²) in [6.45, 7) is 21.3. The van der Waals surface area contributed by atoms with Crippen LogP contribution in [0.25, 0.3) is 0 Å². The summed E-state index contributed by atoms with van der Waals surface area (Å²) in [5, 5.41) is 18.0. The second kappa shape index (κ2) is 22.9. The lowest BCUT2D eigenvalue weighted by molar-refractivity contribution is -0.137. The normalized spacial score (nSPS) is 7.91. The van der Waals surface area contributed by atoms with Gasteiger partial charge in [0.05, 0.1) is 5.56 Å². The smallest absolute Gasteiger partial charge is 0.416 e. The second-order valence-corrected chi connectivity index (χ2v) is 2.64. The first-order valence-electron chi connectivity index (χ1n) is 8.42. The molecule has 5 heteroatoms. The third-order valence-electron chi connectivity index (χ3n) is 1.68. The first-order valence-corrected chi connectivity index (χ1v) is 8.42. The number of hydrogen-bond acceptors (Lipinski definition) is 2. The van der Waals surface area contributed by atoms with E-state index in [1.165, 1.54) is 6.92 Å². The first-order chi connectivity index (χ1) is 10.8. The van der Waals surface area contributed by atoms with Crippen molar-refractivity contribution in [2.45, 2.75) is 82.3 Å². The van der Waals surface area contributed by atoms with Crippen LogP contribution in [0, 0.1) is 6.92 Å². The van der Waals surface area contributed by atoms with Crippen LogP contribution in [-0.2, 0) is 6.18 Å². The Balaban J connectivity index is -0.0000000923. The maximum absolute atomic E-state index is 12.1. The lowest BCUT2D eigenvalue weighted by Crippen LogP contribution is -2.04. The Morgan fingerprint density at radius 2 is 0.870 bits per heavy atom. The van der Waals surface area contributed by atoms with E-state index in [0.717, 1.165) is 0 Å². The van der Waals surface area contributed by atoms with Gasteiger partial charge in [-0.2, -0.15) is 13.2 Å². The van der Waals surface area contributed by atoms with E-state index in [1.807, 2.05) is 69.2 Å². The molecule has 0 aliphatic rings. The van der Waals surface area contributed by atoms with Crippen molar-refractivity contribution in [1.29, 1.82) is 0 Å². The molecule has 0 radical (unpaired) electrons.